The summed E-state index contributed by atoms with van der Waals surface area (Å²) in [6.45, 7) is 15.8. The van der Waals surface area contributed by atoms with E-state index >= 15 is 4.39 Å². The maximum atomic E-state index is 16.1. The summed E-state index contributed by atoms with van der Waals surface area (Å²) in [6.07, 6.45) is -5.04. The standard InChI is InChI=1S/C27H45FO9/c1-11-21(35-19(8)29)24(36-20(9)30)23-16(5)17(6)25(28)27(37-23,26(31)32-10)33-12-22-15(4)13(2)14(3)18(7)34-22/h13-18,21-25H,11-12H2,1-10H3/t13-,14?,15-,16-,17+,18+,21-,22?,23?,24-,25?,27-/m1/s1. The molecule has 12 atom stereocenters. The van der Waals surface area contributed by atoms with Gasteiger partial charge in [0.15, 0.2) is 12.3 Å². The Kier molecular flexibility index (Phi) is 10.9. The van der Waals surface area contributed by atoms with Gasteiger partial charge in [0.05, 0.1) is 25.9 Å². The molecule has 10 heteroatoms. The van der Waals surface area contributed by atoms with Crippen molar-refractivity contribution in [1.82, 2.24) is 0 Å². The molecule has 2 aliphatic rings. The average molecular weight is 533 g/mol. The van der Waals surface area contributed by atoms with Crippen LogP contribution in [0.2, 0.25) is 0 Å². The second kappa shape index (κ2) is 12.8. The van der Waals surface area contributed by atoms with Crippen molar-refractivity contribution in [2.75, 3.05) is 13.7 Å². The van der Waals surface area contributed by atoms with Gasteiger partial charge in [-0.1, -0.05) is 41.5 Å². The molecule has 214 valence electrons. The van der Waals surface area contributed by atoms with Crippen LogP contribution in [0.15, 0.2) is 0 Å². The molecule has 0 N–H and O–H groups in total. The van der Waals surface area contributed by atoms with Crippen molar-refractivity contribution >= 4 is 17.9 Å². The van der Waals surface area contributed by atoms with Gasteiger partial charge in [-0.05, 0) is 42.9 Å². The first-order chi connectivity index (χ1) is 17.2. The predicted molar refractivity (Wildman–Crippen MR) is 132 cm³/mol. The normalized spacial score (nSPS) is 39.8. The highest BCUT2D eigenvalue weighted by Crippen LogP contribution is 2.44. The van der Waals surface area contributed by atoms with Crippen LogP contribution < -0.4 is 0 Å². The lowest BCUT2D eigenvalue weighted by Crippen LogP contribution is -2.66. The average Bonchev–Trinajstić information content (AvgIpc) is 2.85. The molecule has 2 aliphatic heterocycles. The Labute approximate surface area is 220 Å². The van der Waals surface area contributed by atoms with Crippen LogP contribution in [0.4, 0.5) is 4.39 Å². The summed E-state index contributed by atoms with van der Waals surface area (Å²) in [6, 6.07) is 0. The molecule has 9 nitrogen and oxygen atoms in total. The third-order valence-corrected chi connectivity index (χ3v) is 8.50. The summed E-state index contributed by atoms with van der Waals surface area (Å²) in [5, 5.41) is 0. The Morgan fingerprint density at radius 2 is 1.49 bits per heavy atom. The number of methoxy groups -OCH3 is 1. The number of esters is 3. The van der Waals surface area contributed by atoms with Crippen LogP contribution in [0.25, 0.3) is 0 Å². The van der Waals surface area contributed by atoms with Gasteiger partial charge in [0.1, 0.15) is 12.2 Å². The third kappa shape index (κ3) is 6.63. The lowest BCUT2D eigenvalue weighted by atomic mass is 9.76. The third-order valence-electron chi connectivity index (χ3n) is 8.50. The molecule has 0 aromatic carbocycles. The number of alkyl halides is 1. The molecule has 0 saturated carbocycles. The number of hydrogen-bond acceptors (Lipinski definition) is 9. The molecule has 0 aromatic heterocycles. The summed E-state index contributed by atoms with van der Waals surface area (Å²) < 4.78 is 50.4. The highest BCUT2D eigenvalue weighted by Gasteiger charge is 2.62. The van der Waals surface area contributed by atoms with Gasteiger partial charge in [-0.2, -0.15) is 0 Å². The van der Waals surface area contributed by atoms with Crippen molar-refractivity contribution in [1.29, 1.82) is 0 Å². The van der Waals surface area contributed by atoms with Crippen molar-refractivity contribution in [3.63, 3.8) is 0 Å². The molecule has 2 heterocycles. The smallest absolute Gasteiger partial charge is 0.369 e. The van der Waals surface area contributed by atoms with E-state index in [1.54, 1.807) is 20.8 Å². The minimum absolute atomic E-state index is 0.0450. The van der Waals surface area contributed by atoms with Crippen LogP contribution in [-0.4, -0.2) is 74.1 Å². The van der Waals surface area contributed by atoms with Crippen molar-refractivity contribution in [3.05, 3.63) is 0 Å². The minimum atomic E-state index is -2.42. The van der Waals surface area contributed by atoms with Crippen LogP contribution in [0, 0.1) is 29.6 Å². The van der Waals surface area contributed by atoms with Gasteiger partial charge in [0.25, 0.3) is 0 Å². The Hall–Kier alpha value is -1.78. The lowest BCUT2D eigenvalue weighted by molar-refractivity contribution is -0.343. The van der Waals surface area contributed by atoms with Crippen LogP contribution in [-0.2, 0) is 42.8 Å². The molecule has 2 fully saturated rings. The summed E-state index contributed by atoms with van der Waals surface area (Å²) >= 11 is 0. The second-order valence-corrected chi connectivity index (χ2v) is 10.8. The van der Waals surface area contributed by atoms with Crippen LogP contribution in [0.1, 0.15) is 68.7 Å². The highest BCUT2D eigenvalue weighted by atomic mass is 19.1. The molecular formula is C27H45FO9. The molecule has 0 spiro atoms. The fraction of sp³-hybridized carbons (Fsp3) is 0.889. The Bertz CT molecular complexity index is 807. The first kappa shape index (κ1) is 31.4. The lowest BCUT2D eigenvalue weighted by Gasteiger charge is -2.50. The molecule has 0 amide bonds. The first-order valence-electron chi connectivity index (χ1n) is 13.3. The quantitative estimate of drug-likeness (QED) is 0.323. The fourth-order valence-electron chi connectivity index (χ4n) is 5.44. The zero-order valence-electron chi connectivity index (χ0n) is 23.8. The fourth-order valence-corrected chi connectivity index (χ4v) is 5.44. The Balaban J connectivity index is 2.46. The number of hydrogen-bond donors (Lipinski definition) is 0. The van der Waals surface area contributed by atoms with Crippen molar-refractivity contribution in [2.24, 2.45) is 29.6 Å². The van der Waals surface area contributed by atoms with Crippen LogP contribution in [0.5, 0.6) is 0 Å². The van der Waals surface area contributed by atoms with E-state index in [1.807, 2.05) is 13.8 Å². The van der Waals surface area contributed by atoms with Crippen molar-refractivity contribution in [2.45, 2.75) is 111 Å². The van der Waals surface area contributed by atoms with Crippen molar-refractivity contribution < 1.29 is 47.2 Å². The van der Waals surface area contributed by atoms with E-state index in [9.17, 15) is 14.4 Å². The predicted octanol–water partition coefficient (Wildman–Crippen LogP) is 3.85. The highest BCUT2D eigenvalue weighted by molar-refractivity contribution is 5.79. The monoisotopic (exact) mass is 532 g/mol. The van der Waals surface area contributed by atoms with Crippen LogP contribution in [0.3, 0.4) is 0 Å². The van der Waals surface area contributed by atoms with E-state index < -0.39 is 66.1 Å². The summed E-state index contributed by atoms with van der Waals surface area (Å²) in [5.74, 6) is -5.23. The van der Waals surface area contributed by atoms with E-state index in [4.69, 9.17) is 28.4 Å². The molecule has 0 aromatic rings. The second-order valence-electron chi connectivity index (χ2n) is 10.8. The maximum Gasteiger partial charge on any atom is 0.369 e. The van der Waals surface area contributed by atoms with Gasteiger partial charge in [-0.3, -0.25) is 9.59 Å². The molecule has 0 aliphatic carbocycles. The summed E-state index contributed by atoms with van der Waals surface area (Å²) in [5.41, 5.74) is 0. The van der Waals surface area contributed by atoms with E-state index in [-0.39, 0.29) is 18.6 Å². The van der Waals surface area contributed by atoms with Gasteiger partial charge in [-0.25, -0.2) is 9.18 Å². The molecule has 4 unspecified atom stereocenters. The topological polar surface area (TPSA) is 107 Å². The van der Waals surface area contributed by atoms with E-state index in [2.05, 4.69) is 13.8 Å². The van der Waals surface area contributed by atoms with Gasteiger partial charge in [-0.15, -0.1) is 0 Å². The molecule has 0 bridgehead atoms. The van der Waals surface area contributed by atoms with E-state index in [1.165, 1.54) is 13.8 Å². The molecular weight excluding hydrogens is 487 g/mol. The zero-order valence-corrected chi connectivity index (χ0v) is 23.8. The van der Waals surface area contributed by atoms with Gasteiger partial charge in [0, 0.05) is 13.8 Å². The zero-order chi connectivity index (χ0) is 28.2. The molecule has 2 rings (SSSR count). The van der Waals surface area contributed by atoms with Crippen molar-refractivity contribution in [3.8, 4) is 0 Å². The van der Waals surface area contributed by atoms with Crippen LogP contribution >= 0.6 is 0 Å². The van der Waals surface area contributed by atoms with Gasteiger partial charge >= 0.3 is 23.7 Å². The number of halogens is 1. The number of carbonyl (C=O) groups is 3. The largest absolute Gasteiger partial charge is 0.465 e. The SMILES string of the molecule is CC[C@@H](OC(C)=O)[C@@H](OC(C)=O)C1O[C@@](OCC2O[C@@H](C)C(C)[C@@H](C)[C@H]2C)(C(=O)OC)C(F)[C@@H](C)[C@H]1C. The Morgan fingerprint density at radius 1 is 0.892 bits per heavy atom. The number of carbonyl (C=O) groups excluding carboxylic acids is 3. The van der Waals surface area contributed by atoms with Gasteiger partial charge < -0.3 is 28.4 Å². The molecule has 2 saturated heterocycles. The van der Waals surface area contributed by atoms with E-state index in [0.717, 1.165) is 7.11 Å². The molecule has 0 radical (unpaired) electrons. The van der Waals surface area contributed by atoms with E-state index in [0.29, 0.717) is 18.3 Å². The Morgan fingerprint density at radius 3 is 2.00 bits per heavy atom. The molecule has 37 heavy (non-hydrogen) atoms. The van der Waals surface area contributed by atoms with Gasteiger partial charge in [0.2, 0.25) is 0 Å². The number of ether oxygens (including phenoxy) is 6. The minimum Gasteiger partial charge on any atom is -0.465 e. The first-order valence-corrected chi connectivity index (χ1v) is 13.3. The maximum absolute atomic E-state index is 16.1. The summed E-state index contributed by atoms with van der Waals surface area (Å²) in [4.78, 5) is 37.0. The number of rotatable bonds is 9. The summed E-state index contributed by atoms with van der Waals surface area (Å²) in [7, 11) is 1.13.